The van der Waals surface area contributed by atoms with Crippen LogP contribution in [-0.2, 0) is 23.7 Å². The van der Waals surface area contributed by atoms with Gasteiger partial charge in [0.15, 0.2) is 0 Å². The number of imidazole rings is 1. The van der Waals surface area contributed by atoms with E-state index in [-0.39, 0.29) is 48.0 Å². The lowest BCUT2D eigenvalue weighted by Crippen LogP contribution is -2.47. The first kappa shape index (κ1) is 33.9. The number of aryl methyl sites for hydroxylation is 2. The molecule has 12 nitrogen and oxygen atoms in total. The standard InChI is InChI=1S/C40H36N8O4/c1-23(2)30-16-27(18-35-37(30)48(4)40(52)47(35)3)29-9-5-8-25-17-34(44-22-31(25)29)26-10-11-32(43-20-26)38(50)42-14-6-7-24-15-28(21-41-19-24)45-33-12-13-36(49)46-39(33)51/h5,8-11,15-23,33,45H,12-14H2,1-4H3,(H,42,50)(H,46,49,51). The minimum atomic E-state index is -0.523. The number of benzene rings is 2. The molecule has 7 rings (SSSR count). The van der Waals surface area contributed by atoms with E-state index >= 15 is 0 Å². The van der Waals surface area contributed by atoms with Crippen LogP contribution in [0.25, 0.3) is 44.2 Å². The summed E-state index contributed by atoms with van der Waals surface area (Å²) >= 11 is 0. The van der Waals surface area contributed by atoms with E-state index in [0.29, 0.717) is 17.7 Å². The van der Waals surface area contributed by atoms with E-state index < -0.39 is 6.04 Å². The molecule has 4 aromatic heterocycles. The van der Waals surface area contributed by atoms with Crippen molar-refractivity contribution in [1.82, 2.24) is 34.7 Å². The number of piperidine rings is 1. The summed E-state index contributed by atoms with van der Waals surface area (Å²) in [5.41, 5.74) is 7.90. The average Bonchev–Trinajstić information content (AvgIpc) is 3.37. The zero-order chi connectivity index (χ0) is 36.5. The molecule has 260 valence electrons. The number of aromatic nitrogens is 5. The van der Waals surface area contributed by atoms with Gasteiger partial charge in [0.05, 0.1) is 35.2 Å². The summed E-state index contributed by atoms with van der Waals surface area (Å²) in [6.07, 6.45) is 7.33. The molecule has 0 radical (unpaired) electrons. The van der Waals surface area contributed by atoms with Crippen molar-refractivity contribution in [2.24, 2.45) is 14.1 Å². The highest BCUT2D eigenvalue weighted by Crippen LogP contribution is 2.35. The van der Waals surface area contributed by atoms with Crippen LogP contribution in [0.3, 0.4) is 0 Å². The Morgan fingerprint density at radius 1 is 0.962 bits per heavy atom. The van der Waals surface area contributed by atoms with Gasteiger partial charge in [-0.05, 0) is 70.8 Å². The Morgan fingerprint density at radius 2 is 1.81 bits per heavy atom. The summed E-state index contributed by atoms with van der Waals surface area (Å²) in [6.45, 7) is 4.36. The zero-order valence-corrected chi connectivity index (χ0v) is 29.2. The molecule has 1 saturated heterocycles. The number of amides is 3. The Kier molecular flexibility index (Phi) is 9.09. The molecule has 12 heteroatoms. The number of hydrogen-bond acceptors (Lipinski definition) is 8. The first-order valence-corrected chi connectivity index (χ1v) is 16.9. The number of carbonyl (C=O) groups excluding carboxylic acids is 3. The monoisotopic (exact) mass is 692 g/mol. The molecule has 52 heavy (non-hydrogen) atoms. The van der Waals surface area contributed by atoms with Crippen molar-refractivity contribution in [1.29, 1.82) is 0 Å². The van der Waals surface area contributed by atoms with Crippen LogP contribution in [0.2, 0.25) is 0 Å². The molecule has 6 aromatic rings. The second-order valence-corrected chi connectivity index (χ2v) is 13.1. The van der Waals surface area contributed by atoms with Gasteiger partial charge in [-0.15, -0.1) is 0 Å². The number of nitrogens with one attached hydrogen (secondary N) is 3. The van der Waals surface area contributed by atoms with Gasteiger partial charge >= 0.3 is 5.69 Å². The molecular formula is C40H36N8O4. The fraction of sp³-hybridized carbons (Fsp3) is 0.225. The Bertz CT molecular complexity index is 2520. The molecular weight excluding hydrogens is 656 g/mol. The maximum Gasteiger partial charge on any atom is 0.328 e. The molecule has 0 aliphatic carbocycles. The lowest BCUT2D eigenvalue weighted by Gasteiger charge is -2.22. The maximum absolute atomic E-state index is 12.8. The van der Waals surface area contributed by atoms with Crippen LogP contribution in [-0.4, -0.2) is 54.4 Å². The number of fused-ring (bicyclic) bond motifs is 2. The van der Waals surface area contributed by atoms with Crippen molar-refractivity contribution in [3.8, 4) is 34.2 Å². The molecule has 1 fully saturated rings. The minimum Gasteiger partial charge on any atom is -0.372 e. The Balaban J connectivity index is 1.03. The molecule has 3 N–H and O–H groups in total. The number of hydrogen-bond donors (Lipinski definition) is 3. The van der Waals surface area contributed by atoms with E-state index in [1.165, 1.54) is 0 Å². The van der Waals surface area contributed by atoms with Crippen LogP contribution < -0.4 is 21.6 Å². The number of imide groups is 1. The van der Waals surface area contributed by atoms with E-state index in [0.717, 1.165) is 49.8 Å². The van der Waals surface area contributed by atoms with Gasteiger partial charge in [0.25, 0.3) is 5.91 Å². The predicted octanol–water partition coefficient (Wildman–Crippen LogP) is 4.67. The lowest BCUT2D eigenvalue weighted by atomic mass is 9.93. The number of anilines is 1. The fourth-order valence-electron chi connectivity index (χ4n) is 6.52. The molecule has 1 atom stereocenters. The van der Waals surface area contributed by atoms with Gasteiger partial charge < -0.3 is 10.6 Å². The van der Waals surface area contributed by atoms with Crippen molar-refractivity contribution in [3.63, 3.8) is 0 Å². The third-order valence-electron chi connectivity index (χ3n) is 9.27. The highest BCUT2D eigenvalue weighted by Gasteiger charge is 2.26. The number of nitrogens with zero attached hydrogens (tertiary/aromatic N) is 5. The van der Waals surface area contributed by atoms with Crippen LogP contribution in [0.5, 0.6) is 0 Å². The van der Waals surface area contributed by atoms with Gasteiger partial charge in [-0.1, -0.05) is 43.9 Å². The van der Waals surface area contributed by atoms with E-state index in [1.807, 2.05) is 37.5 Å². The number of pyridine rings is 3. The van der Waals surface area contributed by atoms with Crippen LogP contribution in [0.4, 0.5) is 5.69 Å². The number of carbonyl (C=O) groups is 3. The zero-order valence-electron chi connectivity index (χ0n) is 29.2. The third kappa shape index (κ3) is 6.64. The van der Waals surface area contributed by atoms with Gasteiger partial charge in [-0.2, -0.15) is 0 Å². The third-order valence-corrected chi connectivity index (χ3v) is 9.27. The quantitative estimate of drug-likeness (QED) is 0.161. The minimum absolute atomic E-state index is 0.0529. The SMILES string of the molecule is CC(C)c1cc(-c2cccc3cc(-c4ccc(C(=O)NCC#Cc5cncc(NC6CCC(=O)NC6=O)c5)nc4)ncc23)cc2c1n(C)c(=O)n2C. The summed E-state index contributed by atoms with van der Waals surface area (Å²) < 4.78 is 3.41. The Morgan fingerprint density at radius 3 is 2.58 bits per heavy atom. The fourth-order valence-corrected chi connectivity index (χ4v) is 6.52. The van der Waals surface area contributed by atoms with E-state index in [9.17, 15) is 19.2 Å². The van der Waals surface area contributed by atoms with Gasteiger partial charge in [0.1, 0.15) is 11.7 Å². The topological polar surface area (TPSA) is 153 Å². The van der Waals surface area contributed by atoms with Crippen molar-refractivity contribution in [2.45, 2.75) is 38.6 Å². The van der Waals surface area contributed by atoms with Gasteiger partial charge in [-0.25, -0.2) is 4.79 Å². The molecule has 1 unspecified atom stereocenters. The summed E-state index contributed by atoms with van der Waals surface area (Å²) in [5, 5.41) is 10.2. The summed E-state index contributed by atoms with van der Waals surface area (Å²) in [4.78, 5) is 62.4. The van der Waals surface area contributed by atoms with Gasteiger partial charge in [0, 0.05) is 55.6 Å². The van der Waals surface area contributed by atoms with Crippen LogP contribution in [0.15, 0.2) is 84.2 Å². The molecule has 0 saturated carbocycles. The molecule has 1 aliphatic rings. The maximum atomic E-state index is 12.8. The van der Waals surface area contributed by atoms with Gasteiger partial charge in [0.2, 0.25) is 11.8 Å². The second kappa shape index (κ2) is 14.0. The van der Waals surface area contributed by atoms with Crippen LogP contribution in [0.1, 0.15) is 54.2 Å². The molecule has 3 amide bonds. The predicted molar refractivity (Wildman–Crippen MR) is 199 cm³/mol. The summed E-state index contributed by atoms with van der Waals surface area (Å²) in [6, 6.07) is 17.1. The Labute approximate surface area is 299 Å². The average molecular weight is 693 g/mol. The van der Waals surface area contributed by atoms with Crippen molar-refractivity contribution >= 4 is 45.2 Å². The molecule has 1 aliphatic heterocycles. The molecule has 2 aromatic carbocycles. The largest absolute Gasteiger partial charge is 0.372 e. The molecule has 5 heterocycles. The first-order chi connectivity index (χ1) is 25.1. The van der Waals surface area contributed by atoms with E-state index in [1.54, 1.807) is 46.9 Å². The van der Waals surface area contributed by atoms with Crippen molar-refractivity contribution < 1.29 is 14.4 Å². The lowest BCUT2D eigenvalue weighted by molar-refractivity contribution is -0.133. The molecule has 0 spiro atoms. The normalized spacial score (nSPS) is 14.3. The Hall–Kier alpha value is -6.61. The highest BCUT2D eigenvalue weighted by atomic mass is 16.2. The molecule has 0 bridgehead atoms. The van der Waals surface area contributed by atoms with Crippen LogP contribution in [0, 0.1) is 11.8 Å². The van der Waals surface area contributed by atoms with E-state index in [2.05, 4.69) is 69.8 Å². The summed E-state index contributed by atoms with van der Waals surface area (Å²) in [7, 11) is 3.62. The summed E-state index contributed by atoms with van der Waals surface area (Å²) in [5.74, 6) is 5.09. The highest BCUT2D eigenvalue weighted by molar-refractivity contribution is 6.02. The first-order valence-electron chi connectivity index (χ1n) is 16.9. The van der Waals surface area contributed by atoms with Crippen molar-refractivity contribution in [3.05, 3.63) is 107 Å². The smallest absolute Gasteiger partial charge is 0.328 e. The van der Waals surface area contributed by atoms with Gasteiger partial charge in [-0.3, -0.25) is 43.8 Å². The number of rotatable bonds is 7. The van der Waals surface area contributed by atoms with Crippen molar-refractivity contribution in [2.75, 3.05) is 11.9 Å². The second-order valence-electron chi connectivity index (χ2n) is 13.1. The van der Waals surface area contributed by atoms with E-state index in [4.69, 9.17) is 4.98 Å². The van der Waals surface area contributed by atoms with Crippen LogP contribution >= 0.6 is 0 Å².